The molecule has 0 radical (unpaired) electrons. The number of rotatable bonds is 4. The number of hydrogen-bond donors (Lipinski definition) is 3. The van der Waals surface area contributed by atoms with Crippen LogP contribution in [0.1, 0.15) is 16.7 Å². The fourth-order valence-electron chi connectivity index (χ4n) is 1.74. The van der Waals surface area contributed by atoms with E-state index in [1.54, 1.807) is 12.1 Å². The van der Waals surface area contributed by atoms with Crippen molar-refractivity contribution in [1.29, 1.82) is 0 Å². The Kier molecular flexibility index (Phi) is 4.52. The van der Waals surface area contributed by atoms with Crippen molar-refractivity contribution >= 4 is 24.7 Å². The summed E-state index contributed by atoms with van der Waals surface area (Å²) in [4.78, 5) is 0. The molecule has 0 aliphatic carbocycles. The van der Waals surface area contributed by atoms with Crippen molar-refractivity contribution in [2.75, 3.05) is 0 Å². The molecule has 0 spiro atoms. The van der Waals surface area contributed by atoms with Crippen LogP contribution in [0, 0.1) is 0 Å². The zero-order valence-corrected chi connectivity index (χ0v) is 10.5. The van der Waals surface area contributed by atoms with Crippen LogP contribution in [0.15, 0.2) is 48.5 Å². The quantitative estimate of drug-likeness (QED) is 0.562. The fraction of sp³-hybridized carbons (Fsp3) is 0.0667. The Morgan fingerprint density at radius 3 is 1.74 bits per heavy atom. The minimum absolute atomic E-state index is 0.490. The highest BCUT2D eigenvalue weighted by molar-refractivity contribution is 6.58. The van der Waals surface area contributed by atoms with E-state index in [-0.39, 0.29) is 0 Å². The molecule has 2 rings (SSSR count). The van der Waals surface area contributed by atoms with Gasteiger partial charge in [0.05, 0.1) is 0 Å². The van der Waals surface area contributed by atoms with Crippen LogP contribution in [-0.4, -0.2) is 17.2 Å². The molecule has 2 aromatic carbocycles. The maximum Gasteiger partial charge on any atom is 0.488 e. The van der Waals surface area contributed by atoms with Gasteiger partial charge in [0.2, 0.25) is 0 Å². The smallest absolute Gasteiger partial charge is 0.423 e. The Morgan fingerprint density at radius 1 is 0.842 bits per heavy atom. The van der Waals surface area contributed by atoms with E-state index >= 15 is 0 Å². The van der Waals surface area contributed by atoms with Crippen molar-refractivity contribution in [3.05, 3.63) is 65.2 Å². The molecule has 0 amide bonds. The average Bonchev–Trinajstić information content (AvgIpc) is 2.46. The molecule has 19 heavy (non-hydrogen) atoms. The lowest BCUT2D eigenvalue weighted by Gasteiger charge is -2.00. The molecule has 0 fully saturated rings. The van der Waals surface area contributed by atoms with Crippen LogP contribution in [0.3, 0.4) is 0 Å². The largest absolute Gasteiger partial charge is 0.488 e. The van der Waals surface area contributed by atoms with E-state index in [1.807, 2.05) is 48.6 Å². The summed E-state index contributed by atoms with van der Waals surface area (Å²) in [5.74, 6) is 0. The summed E-state index contributed by atoms with van der Waals surface area (Å²) < 4.78 is 0. The minimum Gasteiger partial charge on any atom is -0.423 e. The van der Waals surface area contributed by atoms with Gasteiger partial charge in [0.1, 0.15) is 0 Å². The van der Waals surface area contributed by atoms with Crippen molar-refractivity contribution in [2.45, 2.75) is 6.54 Å². The first-order valence-electron chi connectivity index (χ1n) is 6.12. The van der Waals surface area contributed by atoms with Crippen LogP contribution in [0.4, 0.5) is 0 Å². The molecule has 0 atom stereocenters. The van der Waals surface area contributed by atoms with Gasteiger partial charge in [-0.25, -0.2) is 0 Å². The zero-order chi connectivity index (χ0) is 13.7. The molecule has 0 unspecified atom stereocenters. The van der Waals surface area contributed by atoms with Crippen molar-refractivity contribution in [3.63, 3.8) is 0 Å². The van der Waals surface area contributed by atoms with Crippen LogP contribution in [0.25, 0.3) is 12.2 Å². The minimum atomic E-state index is -1.41. The normalized spacial score (nSPS) is 10.9. The standard InChI is InChI=1S/C15H16BNO2/c17-11-14-5-3-12(4-6-14)1-2-13-7-9-15(10-8-13)16(18)19/h1-10,18-19H,11,17H2/b2-1+. The van der Waals surface area contributed by atoms with Gasteiger partial charge in [0, 0.05) is 6.54 Å². The lowest BCUT2D eigenvalue weighted by Crippen LogP contribution is -2.29. The Hall–Kier alpha value is -1.88. The Balaban J connectivity index is 2.08. The third kappa shape index (κ3) is 3.79. The summed E-state index contributed by atoms with van der Waals surface area (Å²) in [5.41, 5.74) is 9.25. The Bertz CT molecular complexity index is 547. The van der Waals surface area contributed by atoms with Gasteiger partial charge in [-0.05, 0) is 22.2 Å². The maximum atomic E-state index is 9.00. The third-order valence-corrected chi connectivity index (χ3v) is 2.92. The molecule has 3 nitrogen and oxygen atoms in total. The monoisotopic (exact) mass is 253 g/mol. The van der Waals surface area contributed by atoms with Gasteiger partial charge < -0.3 is 15.8 Å². The van der Waals surface area contributed by atoms with Crippen LogP contribution in [0.5, 0.6) is 0 Å². The van der Waals surface area contributed by atoms with E-state index in [2.05, 4.69) is 0 Å². The van der Waals surface area contributed by atoms with E-state index in [1.165, 1.54) is 0 Å². The molecule has 0 saturated heterocycles. The highest BCUT2D eigenvalue weighted by Gasteiger charge is 2.08. The van der Waals surface area contributed by atoms with Crippen LogP contribution in [-0.2, 0) is 6.54 Å². The first-order valence-corrected chi connectivity index (χ1v) is 6.12. The molecular weight excluding hydrogens is 237 g/mol. The second kappa shape index (κ2) is 6.34. The summed E-state index contributed by atoms with van der Waals surface area (Å²) in [6.45, 7) is 0.551. The topological polar surface area (TPSA) is 66.5 Å². The highest BCUT2D eigenvalue weighted by Crippen LogP contribution is 2.09. The van der Waals surface area contributed by atoms with Crippen LogP contribution < -0.4 is 11.2 Å². The van der Waals surface area contributed by atoms with Crippen molar-refractivity contribution < 1.29 is 10.0 Å². The maximum absolute atomic E-state index is 9.00. The molecule has 4 heteroatoms. The van der Waals surface area contributed by atoms with Crippen molar-refractivity contribution in [1.82, 2.24) is 0 Å². The predicted octanol–water partition coefficient (Wildman–Crippen LogP) is 0.995. The lowest BCUT2D eigenvalue weighted by molar-refractivity contribution is 0.426. The lowest BCUT2D eigenvalue weighted by atomic mass is 9.80. The number of hydrogen-bond acceptors (Lipinski definition) is 3. The van der Waals surface area contributed by atoms with Crippen molar-refractivity contribution in [2.24, 2.45) is 5.73 Å². The summed E-state index contributed by atoms with van der Waals surface area (Å²) in [5, 5.41) is 18.0. The zero-order valence-electron chi connectivity index (χ0n) is 10.5. The number of benzene rings is 2. The molecule has 96 valence electrons. The molecule has 0 aliphatic rings. The first kappa shape index (κ1) is 13.6. The molecule has 0 aromatic heterocycles. The highest BCUT2D eigenvalue weighted by atomic mass is 16.4. The first-order chi connectivity index (χ1) is 9.19. The van der Waals surface area contributed by atoms with E-state index in [0.717, 1.165) is 16.7 Å². The second-order valence-electron chi connectivity index (χ2n) is 4.32. The van der Waals surface area contributed by atoms with Crippen LogP contribution >= 0.6 is 0 Å². The van der Waals surface area contributed by atoms with Gasteiger partial charge in [-0.2, -0.15) is 0 Å². The summed E-state index contributed by atoms with van der Waals surface area (Å²) in [6.07, 6.45) is 3.98. The molecular formula is C15H16BNO2. The number of nitrogens with two attached hydrogens (primary N) is 1. The predicted molar refractivity (Wildman–Crippen MR) is 79.5 cm³/mol. The molecule has 0 aliphatic heterocycles. The van der Waals surface area contributed by atoms with Crippen LogP contribution in [0.2, 0.25) is 0 Å². The summed E-state index contributed by atoms with van der Waals surface area (Å²) in [7, 11) is -1.41. The van der Waals surface area contributed by atoms with Gasteiger partial charge in [0.25, 0.3) is 0 Å². The van der Waals surface area contributed by atoms with Gasteiger partial charge in [-0.15, -0.1) is 0 Å². The Morgan fingerprint density at radius 2 is 1.32 bits per heavy atom. The van der Waals surface area contributed by atoms with Gasteiger partial charge in [0.15, 0.2) is 0 Å². The SMILES string of the molecule is NCc1ccc(/C=C/c2ccc(B(O)O)cc2)cc1. The Labute approximate surface area is 113 Å². The average molecular weight is 253 g/mol. The van der Waals surface area contributed by atoms with Gasteiger partial charge in [-0.1, -0.05) is 60.7 Å². The molecule has 4 N–H and O–H groups in total. The fourth-order valence-corrected chi connectivity index (χ4v) is 1.74. The summed E-state index contributed by atoms with van der Waals surface area (Å²) in [6, 6.07) is 15.1. The molecule has 2 aromatic rings. The second-order valence-corrected chi connectivity index (χ2v) is 4.32. The van der Waals surface area contributed by atoms with Gasteiger partial charge >= 0.3 is 7.12 Å². The molecule has 0 heterocycles. The molecule has 0 saturated carbocycles. The van der Waals surface area contributed by atoms with Gasteiger partial charge in [-0.3, -0.25) is 0 Å². The van der Waals surface area contributed by atoms with E-state index in [4.69, 9.17) is 15.8 Å². The van der Waals surface area contributed by atoms with E-state index in [0.29, 0.717) is 12.0 Å². The van der Waals surface area contributed by atoms with E-state index in [9.17, 15) is 0 Å². The third-order valence-electron chi connectivity index (χ3n) is 2.92. The van der Waals surface area contributed by atoms with E-state index < -0.39 is 7.12 Å². The van der Waals surface area contributed by atoms with Crippen molar-refractivity contribution in [3.8, 4) is 0 Å². The summed E-state index contributed by atoms with van der Waals surface area (Å²) >= 11 is 0. The molecule has 0 bridgehead atoms.